The van der Waals surface area contributed by atoms with Crippen LogP contribution in [0.15, 0.2) is 36.4 Å². The van der Waals surface area contributed by atoms with Crippen molar-refractivity contribution in [3.05, 3.63) is 42.0 Å². The summed E-state index contributed by atoms with van der Waals surface area (Å²) in [5, 5.41) is 5.64. The van der Waals surface area contributed by atoms with Crippen molar-refractivity contribution >= 4 is 29.7 Å². The smallest absolute Gasteiger partial charge is 0.242 e. The molecule has 4 nitrogen and oxygen atoms in total. The molecule has 1 unspecified atom stereocenters. The summed E-state index contributed by atoms with van der Waals surface area (Å²) in [6.07, 6.45) is 6.78. The zero-order valence-electron chi connectivity index (χ0n) is 12.6. The van der Waals surface area contributed by atoms with Gasteiger partial charge in [0.2, 0.25) is 11.8 Å². The molecule has 0 aromatic heterocycles. The lowest BCUT2D eigenvalue weighted by Crippen LogP contribution is -2.46. The van der Waals surface area contributed by atoms with E-state index in [2.05, 4.69) is 10.6 Å². The Morgan fingerprint density at radius 2 is 2.14 bits per heavy atom. The first-order valence-electron chi connectivity index (χ1n) is 7.62. The fraction of sp³-hybridized carbons (Fsp3) is 0.412. The molecule has 1 aromatic carbocycles. The molecular formula is C17H22N2O2S. The largest absolute Gasteiger partial charge is 0.354 e. The lowest BCUT2D eigenvalue weighted by atomic mass is 10.1. The Morgan fingerprint density at radius 3 is 2.95 bits per heavy atom. The topological polar surface area (TPSA) is 58.2 Å². The number of carbonyl (C=O) groups excluding carboxylic acids is 2. The van der Waals surface area contributed by atoms with Gasteiger partial charge in [0.05, 0.1) is 5.75 Å². The van der Waals surface area contributed by atoms with Crippen molar-refractivity contribution < 1.29 is 9.59 Å². The summed E-state index contributed by atoms with van der Waals surface area (Å²) in [4.78, 5) is 23.6. The molecule has 1 fully saturated rings. The molecule has 0 aliphatic carbocycles. The highest BCUT2D eigenvalue weighted by molar-refractivity contribution is 8.00. The number of hydrogen-bond acceptors (Lipinski definition) is 3. The summed E-state index contributed by atoms with van der Waals surface area (Å²) in [5.41, 5.74) is 1.16. The monoisotopic (exact) mass is 318 g/mol. The predicted molar refractivity (Wildman–Crippen MR) is 91.6 cm³/mol. The molecule has 1 atom stereocenters. The van der Waals surface area contributed by atoms with E-state index in [1.54, 1.807) is 11.8 Å². The summed E-state index contributed by atoms with van der Waals surface area (Å²) in [6.45, 7) is 0.713. The average Bonchev–Trinajstić information content (AvgIpc) is 2.73. The summed E-state index contributed by atoms with van der Waals surface area (Å²) < 4.78 is 0. The van der Waals surface area contributed by atoms with E-state index >= 15 is 0 Å². The highest BCUT2D eigenvalue weighted by atomic mass is 32.2. The van der Waals surface area contributed by atoms with Crippen molar-refractivity contribution in [1.29, 1.82) is 0 Å². The first-order chi connectivity index (χ1) is 10.8. The number of carbonyl (C=O) groups is 2. The highest BCUT2D eigenvalue weighted by Gasteiger charge is 2.21. The third-order valence-electron chi connectivity index (χ3n) is 3.43. The summed E-state index contributed by atoms with van der Waals surface area (Å²) >= 11 is 1.55. The van der Waals surface area contributed by atoms with Crippen LogP contribution in [0.1, 0.15) is 24.8 Å². The van der Waals surface area contributed by atoms with E-state index in [9.17, 15) is 9.59 Å². The van der Waals surface area contributed by atoms with Gasteiger partial charge in [-0.15, -0.1) is 11.8 Å². The second kappa shape index (κ2) is 9.30. The van der Waals surface area contributed by atoms with Crippen LogP contribution < -0.4 is 10.6 Å². The normalized spacial score (nSPS) is 18.7. The van der Waals surface area contributed by atoms with E-state index in [4.69, 9.17) is 0 Å². The Morgan fingerprint density at radius 1 is 1.32 bits per heavy atom. The molecule has 2 N–H and O–H groups in total. The molecule has 0 bridgehead atoms. The van der Waals surface area contributed by atoms with E-state index in [0.29, 0.717) is 12.3 Å². The van der Waals surface area contributed by atoms with Gasteiger partial charge in [0.15, 0.2) is 0 Å². The molecule has 118 valence electrons. The van der Waals surface area contributed by atoms with Gasteiger partial charge in [-0.05, 0) is 24.8 Å². The minimum absolute atomic E-state index is 0.0557. The van der Waals surface area contributed by atoms with Gasteiger partial charge in [-0.3, -0.25) is 9.59 Å². The van der Waals surface area contributed by atoms with Gasteiger partial charge in [0.1, 0.15) is 6.04 Å². The number of nitrogens with one attached hydrogen (secondary N) is 2. The zero-order valence-corrected chi connectivity index (χ0v) is 13.4. The van der Waals surface area contributed by atoms with Crippen molar-refractivity contribution in [1.82, 2.24) is 10.6 Å². The van der Waals surface area contributed by atoms with Crippen molar-refractivity contribution in [3.63, 3.8) is 0 Å². The van der Waals surface area contributed by atoms with E-state index in [0.717, 1.165) is 30.6 Å². The molecule has 1 heterocycles. The summed E-state index contributed by atoms with van der Waals surface area (Å²) in [5.74, 6) is 1.03. The quantitative estimate of drug-likeness (QED) is 0.791. The van der Waals surface area contributed by atoms with Gasteiger partial charge >= 0.3 is 0 Å². The third-order valence-corrected chi connectivity index (χ3v) is 4.32. The first-order valence-corrected chi connectivity index (χ1v) is 8.77. The van der Waals surface area contributed by atoms with Crippen molar-refractivity contribution in [2.24, 2.45) is 0 Å². The molecule has 2 rings (SSSR count). The molecule has 1 aliphatic rings. The van der Waals surface area contributed by atoms with Crippen LogP contribution in [0.4, 0.5) is 0 Å². The van der Waals surface area contributed by atoms with Crippen LogP contribution in [0.2, 0.25) is 0 Å². The van der Waals surface area contributed by atoms with Crippen molar-refractivity contribution in [2.45, 2.75) is 25.3 Å². The molecule has 1 saturated heterocycles. The lowest BCUT2D eigenvalue weighted by molar-refractivity contribution is -0.127. The van der Waals surface area contributed by atoms with Gasteiger partial charge in [0.25, 0.3) is 0 Å². The number of benzene rings is 1. The third kappa shape index (κ3) is 5.93. The zero-order chi connectivity index (χ0) is 15.6. The Kier molecular flexibility index (Phi) is 7.03. The van der Waals surface area contributed by atoms with Crippen LogP contribution in [0.25, 0.3) is 6.08 Å². The second-order valence-corrected chi connectivity index (χ2v) is 6.27. The Hall–Kier alpha value is -1.75. The number of thioether (sulfide) groups is 1. The molecule has 0 radical (unpaired) electrons. The van der Waals surface area contributed by atoms with Crippen LogP contribution in [0.3, 0.4) is 0 Å². The first kappa shape index (κ1) is 16.6. The van der Waals surface area contributed by atoms with E-state index in [-0.39, 0.29) is 17.9 Å². The van der Waals surface area contributed by atoms with Gasteiger partial charge in [-0.25, -0.2) is 0 Å². The minimum atomic E-state index is -0.365. The standard InChI is InChI=1S/C17H22N2O2S/c20-16(19-15-10-4-5-11-18-17(15)21)13-22-12-6-9-14-7-2-1-3-8-14/h1-3,6-9,15H,4-5,10-13H2,(H,18,21)(H,19,20)/b9-6+. The van der Waals surface area contributed by atoms with Crippen molar-refractivity contribution in [3.8, 4) is 0 Å². The molecule has 1 aliphatic heterocycles. The fourth-order valence-corrected chi connectivity index (χ4v) is 2.90. The highest BCUT2D eigenvalue weighted by Crippen LogP contribution is 2.07. The van der Waals surface area contributed by atoms with Crippen molar-refractivity contribution in [2.75, 3.05) is 18.1 Å². The van der Waals surface area contributed by atoms with Gasteiger partial charge in [-0.2, -0.15) is 0 Å². The average molecular weight is 318 g/mol. The Balaban J connectivity index is 1.65. The molecular weight excluding hydrogens is 296 g/mol. The molecule has 5 heteroatoms. The fourth-order valence-electron chi connectivity index (χ4n) is 2.28. The summed E-state index contributed by atoms with van der Waals surface area (Å²) in [7, 11) is 0. The van der Waals surface area contributed by atoms with E-state index in [1.807, 2.05) is 42.5 Å². The van der Waals surface area contributed by atoms with E-state index in [1.165, 1.54) is 0 Å². The van der Waals surface area contributed by atoms with Crippen LogP contribution in [-0.4, -0.2) is 35.9 Å². The number of hydrogen-bond donors (Lipinski definition) is 2. The minimum Gasteiger partial charge on any atom is -0.354 e. The molecule has 2 amide bonds. The van der Waals surface area contributed by atoms with Crippen LogP contribution in [0.5, 0.6) is 0 Å². The summed E-state index contributed by atoms with van der Waals surface area (Å²) in [6, 6.07) is 9.70. The SMILES string of the molecule is O=C(CSC/C=C/c1ccccc1)NC1CCCCNC1=O. The van der Waals surface area contributed by atoms with Crippen LogP contribution in [0, 0.1) is 0 Å². The molecule has 0 spiro atoms. The maximum absolute atomic E-state index is 11.9. The Bertz CT molecular complexity index is 517. The number of rotatable bonds is 6. The lowest BCUT2D eigenvalue weighted by Gasteiger charge is -2.14. The van der Waals surface area contributed by atoms with Gasteiger partial charge < -0.3 is 10.6 Å². The molecule has 1 aromatic rings. The number of amides is 2. The maximum Gasteiger partial charge on any atom is 0.242 e. The van der Waals surface area contributed by atoms with Gasteiger partial charge in [0, 0.05) is 12.3 Å². The second-order valence-electron chi connectivity index (χ2n) is 5.24. The Labute approximate surface area is 135 Å². The maximum atomic E-state index is 11.9. The molecule has 0 saturated carbocycles. The van der Waals surface area contributed by atoms with E-state index < -0.39 is 0 Å². The predicted octanol–water partition coefficient (Wildman–Crippen LogP) is 2.22. The van der Waals surface area contributed by atoms with Gasteiger partial charge in [-0.1, -0.05) is 42.5 Å². The molecule has 22 heavy (non-hydrogen) atoms. The van der Waals surface area contributed by atoms with Crippen LogP contribution >= 0.6 is 11.8 Å². The van der Waals surface area contributed by atoms with Crippen LogP contribution in [-0.2, 0) is 9.59 Å².